The van der Waals surface area contributed by atoms with Crippen molar-refractivity contribution < 1.29 is 4.79 Å². The quantitative estimate of drug-likeness (QED) is 0.829. The number of hydrogen-bond donors (Lipinski definition) is 2. The average Bonchev–Trinajstić information content (AvgIpc) is 2.61. The Morgan fingerprint density at radius 3 is 2.44 bits per heavy atom. The first-order chi connectivity index (χ1) is 7.59. The van der Waals surface area contributed by atoms with Gasteiger partial charge in [0.15, 0.2) is 0 Å². The maximum Gasteiger partial charge on any atom is 0.262 e. The van der Waals surface area contributed by atoms with Crippen LogP contribution in [0.2, 0.25) is 0 Å². The highest BCUT2D eigenvalue weighted by Gasteiger charge is 2.15. The lowest BCUT2D eigenvalue weighted by molar-refractivity contribution is 0.100. The van der Waals surface area contributed by atoms with Gasteiger partial charge in [-0.2, -0.15) is 4.37 Å². The van der Waals surface area contributed by atoms with Gasteiger partial charge in [0, 0.05) is 5.56 Å². The van der Waals surface area contributed by atoms with Crippen LogP contribution in [0.25, 0.3) is 11.3 Å². The van der Waals surface area contributed by atoms with Crippen LogP contribution in [0, 0.1) is 6.92 Å². The van der Waals surface area contributed by atoms with E-state index in [1.54, 1.807) is 0 Å². The number of primary amides is 1. The van der Waals surface area contributed by atoms with E-state index in [9.17, 15) is 4.79 Å². The van der Waals surface area contributed by atoms with E-state index in [-0.39, 0.29) is 0 Å². The molecular formula is C11H11N3OS. The van der Waals surface area contributed by atoms with Crippen molar-refractivity contribution in [3.8, 4) is 11.3 Å². The van der Waals surface area contributed by atoms with Crippen molar-refractivity contribution in [2.45, 2.75) is 6.92 Å². The number of nitrogens with two attached hydrogens (primary N) is 2. The molecule has 2 rings (SSSR count). The third-order valence-electron chi connectivity index (χ3n) is 2.28. The zero-order valence-electron chi connectivity index (χ0n) is 8.73. The Labute approximate surface area is 97.1 Å². The van der Waals surface area contributed by atoms with Crippen LogP contribution in [0.1, 0.15) is 15.2 Å². The summed E-state index contributed by atoms with van der Waals surface area (Å²) in [5.41, 5.74) is 14.0. The number of aromatic nitrogens is 1. The Bertz CT molecular complexity index is 531. The minimum absolute atomic E-state index is 0.315. The molecule has 2 aromatic rings. The summed E-state index contributed by atoms with van der Waals surface area (Å²) in [6.07, 6.45) is 0. The van der Waals surface area contributed by atoms with Crippen LogP contribution in [0.3, 0.4) is 0 Å². The van der Waals surface area contributed by atoms with Crippen LogP contribution in [0.15, 0.2) is 24.3 Å². The Kier molecular flexibility index (Phi) is 2.62. The van der Waals surface area contributed by atoms with E-state index >= 15 is 0 Å². The van der Waals surface area contributed by atoms with Crippen LogP contribution in [-0.4, -0.2) is 10.3 Å². The lowest BCUT2D eigenvalue weighted by Crippen LogP contribution is -2.10. The summed E-state index contributed by atoms with van der Waals surface area (Å²) in [4.78, 5) is 11.3. The molecule has 0 fully saturated rings. The normalized spacial score (nSPS) is 10.3. The smallest absolute Gasteiger partial charge is 0.262 e. The second kappa shape index (κ2) is 3.94. The zero-order chi connectivity index (χ0) is 11.7. The van der Waals surface area contributed by atoms with Gasteiger partial charge in [-0.05, 0) is 18.5 Å². The molecule has 4 nitrogen and oxygen atoms in total. The molecule has 0 atom stereocenters. The van der Waals surface area contributed by atoms with E-state index in [1.165, 1.54) is 0 Å². The highest BCUT2D eigenvalue weighted by atomic mass is 32.1. The van der Waals surface area contributed by atoms with Crippen LogP contribution in [0.5, 0.6) is 0 Å². The van der Waals surface area contributed by atoms with Gasteiger partial charge in [-0.15, -0.1) is 0 Å². The van der Waals surface area contributed by atoms with E-state index in [0.29, 0.717) is 16.3 Å². The fourth-order valence-electron chi connectivity index (χ4n) is 1.39. The molecule has 0 bridgehead atoms. The molecule has 1 amide bonds. The number of carbonyl (C=O) groups is 1. The van der Waals surface area contributed by atoms with E-state index in [2.05, 4.69) is 4.37 Å². The molecule has 0 saturated heterocycles. The van der Waals surface area contributed by atoms with Crippen molar-refractivity contribution in [2.75, 3.05) is 5.73 Å². The molecule has 4 N–H and O–H groups in total. The monoisotopic (exact) mass is 233 g/mol. The number of anilines is 1. The van der Waals surface area contributed by atoms with E-state index in [1.807, 2.05) is 31.2 Å². The molecule has 5 heteroatoms. The number of carbonyl (C=O) groups excluding carboxylic acids is 1. The van der Waals surface area contributed by atoms with Crippen molar-refractivity contribution in [2.24, 2.45) is 5.73 Å². The average molecular weight is 233 g/mol. The number of nitrogens with zero attached hydrogens (tertiary/aromatic N) is 1. The SMILES string of the molecule is Cc1ccc(-c2nsc(C(N)=O)c2N)cc1. The summed E-state index contributed by atoms with van der Waals surface area (Å²) in [6, 6.07) is 7.78. The number of aryl methyl sites for hydroxylation is 1. The van der Waals surface area contributed by atoms with Crippen LogP contribution in [0.4, 0.5) is 5.69 Å². The van der Waals surface area contributed by atoms with Gasteiger partial charge in [-0.25, -0.2) is 0 Å². The number of nitrogen functional groups attached to an aromatic ring is 1. The summed E-state index contributed by atoms with van der Waals surface area (Å²) in [6.45, 7) is 2.00. The molecule has 1 aromatic carbocycles. The van der Waals surface area contributed by atoms with E-state index < -0.39 is 5.91 Å². The van der Waals surface area contributed by atoms with Crippen LogP contribution < -0.4 is 11.5 Å². The van der Waals surface area contributed by atoms with Crippen LogP contribution >= 0.6 is 11.5 Å². The first-order valence-corrected chi connectivity index (χ1v) is 5.49. The van der Waals surface area contributed by atoms with Gasteiger partial charge >= 0.3 is 0 Å². The molecule has 16 heavy (non-hydrogen) atoms. The number of hydrogen-bond acceptors (Lipinski definition) is 4. The van der Waals surface area contributed by atoms with Gasteiger partial charge in [0.1, 0.15) is 10.6 Å². The van der Waals surface area contributed by atoms with Gasteiger partial charge in [-0.1, -0.05) is 29.8 Å². The molecule has 0 spiro atoms. The molecule has 0 aliphatic carbocycles. The minimum atomic E-state index is -0.534. The first kappa shape index (κ1) is 10.6. The minimum Gasteiger partial charge on any atom is -0.396 e. The molecule has 0 aliphatic rings. The summed E-state index contributed by atoms with van der Waals surface area (Å²) in [5, 5.41) is 0. The number of rotatable bonds is 2. The largest absolute Gasteiger partial charge is 0.396 e. The van der Waals surface area contributed by atoms with Gasteiger partial charge in [-0.3, -0.25) is 4.79 Å². The highest BCUT2D eigenvalue weighted by molar-refractivity contribution is 7.09. The lowest BCUT2D eigenvalue weighted by atomic mass is 10.1. The second-order valence-corrected chi connectivity index (χ2v) is 4.28. The summed E-state index contributed by atoms with van der Waals surface area (Å²) < 4.78 is 4.15. The second-order valence-electron chi connectivity index (χ2n) is 3.50. The third kappa shape index (κ3) is 1.77. The Morgan fingerprint density at radius 1 is 1.31 bits per heavy atom. The number of amides is 1. The maximum atomic E-state index is 11.0. The van der Waals surface area contributed by atoms with E-state index in [0.717, 1.165) is 22.7 Å². The molecule has 0 aliphatic heterocycles. The molecule has 0 saturated carbocycles. The first-order valence-electron chi connectivity index (χ1n) is 4.71. The predicted octanol–water partition coefficient (Wildman–Crippen LogP) is 1.80. The summed E-state index contributed by atoms with van der Waals surface area (Å²) in [5.74, 6) is -0.534. The third-order valence-corrected chi connectivity index (χ3v) is 3.15. The maximum absolute atomic E-state index is 11.0. The van der Waals surface area contributed by atoms with Crippen molar-refractivity contribution in [1.82, 2.24) is 4.37 Å². The Hall–Kier alpha value is -1.88. The van der Waals surface area contributed by atoms with Crippen molar-refractivity contribution >= 4 is 23.1 Å². The van der Waals surface area contributed by atoms with Gasteiger partial charge in [0.05, 0.1) is 5.69 Å². The molecule has 82 valence electrons. The molecule has 1 heterocycles. The van der Waals surface area contributed by atoms with E-state index in [4.69, 9.17) is 11.5 Å². The molecule has 1 aromatic heterocycles. The summed E-state index contributed by atoms with van der Waals surface area (Å²) in [7, 11) is 0. The predicted molar refractivity (Wildman–Crippen MR) is 65.2 cm³/mol. The fourth-order valence-corrected chi connectivity index (χ4v) is 2.07. The fraction of sp³-hybridized carbons (Fsp3) is 0.0909. The summed E-state index contributed by atoms with van der Waals surface area (Å²) >= 11 is 1.03. The van der Waals surface area contributed by atoms with Gasteiger partial charge < -0.3 is 11.5 Å². The van der Waals surface area contributed by atoms with Crippen molar-refractivity contribution in [1.29, 1.82) is 0 Å². The lowest BCUT2D eigenvalue weighted by Gasteiger charge is -1.99. The Balaban J connectivity index is 2.49. The van der Waals surface area contributed by atoms with Crippen LogP contribution in [-0.2, 0) is 0 Å². The van der Waals surface area contributed by atoms with Gasteiger partial charge in [0.2, 0.25) is 0 Å². The standard InChI is InChI=1S/C11H11N3OS/c1-6-2-4-7(5-3-6)9-8(12)10(11(13)15)16-14-9/h2-5H,12H2,1H3,(H2,13,15). The molecule has 0 unspecified atom stereocenters. The molecule has 0 radical (unpaired) electrons. The van der Waals surface area contributed by atoms with Crippen molar-refractivity contribution in [3.05, 3.63) is 34.7 Å². The topological polar surface area (TPSA) is 82.0 Å². The number of benzene rings is 1. The van der Waals surface area contributed by atoms with Crippen molar-refractivity contribution in [3.63, 3.8) is 0 Å². The highest BCUT2D eigenvalue weighted by Crippen LogP contribution is 2.30. The Morgan fingerprint density at radius 2 is 1.94 bits per heavy atom. The zero-order valence-corrected chi connectivity index (χ0v) is 9.54. The van der Waals surface area contributed by atoms with Gasteiger partial charge in [0.25, 0.3) is 5.91 Å². The molecular weight excluding hydrogens is 222 g/mol.